The van der Waals surface area contributed by atoms with Gasteiger partial charge in [-0.3, -0.25) is 9.59 Å². The number of carbonyl (C=O) groups excluding carboxylic acids is 2. The van der Waals surface area contributed by atoms with Crippen LogP contribution < -0.4 is 0 Å². The third-order valence-electron chi connectivity index (χ3n) is 5.83. The predicted octanol–water partition coefficient (Wildman–Crippen LogP) is 3.83. The van der Waals surface area contributed by atoms with Crippen molar-refractivity contribution in [1.82, 2.24) is 0 Å². The van der Waals surface area contributed by atoms with Gasteiger partial charge >= 0.3 is 35.5 Å². The molecule has 2 unspecified atom stereocenters. The summed E-state index contributed by atoms with van der Waals surface area (Å²) in [6.45, 7) is 0. The zero-order valence-corrected chi connectivity index (χ0v) is 12.3. The van der Waals surface area contributed by atoms with Crippen LogP contribution in [-0.4, -0.2) is 53.5 Å². The smallest absolute Gasteiger partial charge is 0.260 e. The van der Waals surface area contributed by atoms with Crippen LogP contribution in [0.25, 0.3) is 0 Å². The maximum Gasteiger partial charge on any atom is 0.323 e. The summed E-state index contributed by atoms with van der Waals surface area (Å²) in [5.41, 5.74) is -20.5. The van der Waals surface area contributed by atoms with Gasteiger partial charge in [-0.15, -0.1) is 0 Å². The van der Waals surface area contributed by atoms with Crippen molar-refractivity contribution in [2.75, 3.05) is 0 Å². The minimum absolute atomic E-state index is 4.51. The summed E-state index contributed by atoms with van der Waals surface area (Å²) >= 11 is 0. The van der Waals surface area contributed by atoms with E-state index in [-0.39, 0.29) is 0 Å². The molecule has 2 atom stereocenters. The molecule has 0 heterocycles. The number of alkyl halides is 12. The third kappa shape index (κ3) is 1.24. The Morgan fingerprint density at radius 3 is 1.11 bits per heavy atom. The molecule has 4 rings (SSSR count). The van der Waals surface area contributed by atoms with Crippen molar-refractivity contribution in [3.8, 4) is 0 Å². The molecule has 0 saturated heterocycles. The van der Waals surface area contributed by atoms with Crippen LogP contribution in [0.5, 0.6) is 0 Å². The number of halogens is 14. The minimum Gasteiger partial charge on any atom is -0.260 e. The second-order valence-electron chi connectivity index (χ2n) is 6.64. The van der Waals surface area contributed by atoms with Gasteiger partial charge in [0.15, 0.2) is 12.1 Å². The van der Waals surface area contributed by atoms with E-state index in [4.69, 9.17) is 0 Å². The maximum atomic E-state index is 14.6. The van der Waals surface area contributed by atoms with E-state index in [0.29, 0.717) is 0 Å². The van der Waals surface area contributed by atoms with Crippen LogP contribution in [0.15, 0.2) is 0 Å². The molecular formula is C12H2F14O2. The highest BCUT2D eigenvalue weighted by molar-refractivity contribution is 5.89. The fourth-order valence-electron chi connectivity index (χ4n) is 4.60. The Hall–Kier alpha value is -1.64. The van der Waals surface area contributed by atoms with Crippen molar-refractivity contribution in [1.29, 1.82) is 0 Å². The highest BCUT2D eigenvalue weighted by Crippen LogP contribution is 2.88. The lowest BCUT2D eigenvalue weighted by molar-refractivity contribution is -0.549. The van der Waals surface area contributed by atoms with Crippen LogP contribution in [-0.2, 0) is 9.59 Å². The number of hydrogen-bond acceptors (Lipinski definition) is 2. The van der Waals surface area contributed by atoms with E-state index in [9.17, 15) is 71.1 Å². The first-order valence-corrected chi connectivity index (χ1v) is 6.78. The van der Waals surface area contributed by atoms with Crippen molar-refractivity contribution >= 4 is 12.1 Å². The Morgan fingerprint density at radius 1 is 0.571 bits per heavy atom. The quantitative estimate of drug-likeness (QED) is 0.480. The van der Waals surface area contributed by atoms with Gasteiger partial charge in [-0.1, -0.05) is 0 Å². The van der Waals surface area contributed by atoms with E-state index in [1.54, 1.807) is 0 Å². The normalized spacial score (nSPS) is 48.4. The van der Waals surface area contributed by atoms with Crippen LogP contribution in [0, 0.1) is 16.7 Å². The summed E-state index contributed by atoms with van der Waals surface area (Å²) in [5.74, 6) is -41.7. The molecule has 0 aromatic carbocycles. The van der Waals surface area contributed by atoms with E-state index < -0.39 is 70.3 Å². The summed E-state index contributed by atoms with van der Waals surface area (Å²) in [4.78, 5) is 21.8. The standard InChI is InChI=1S/C12H2F14O2/c13-2-5(3(14)27)7(16,17)1-8(18,19)6(2,4(15)28)12(25,26)10(22,9(1,20)21)11(5,23)24/h1-2H. The predicted molar refractivity (Wildman–Crippen MR) is 54.1 cm³/mol. The van der Waals surface area contributed by atoms with Gasteiger partial charge in [-0.2, -0.15) is 8.78 Å². The SMILES string of the molecule is O=C(F)C12C(F)C3(C(=O)F)C(F)(F)C(C1(F)F)C(F)(F)C(F)(C2(F)F)C3(F)F. The fourth-order valence-corrected chi connectivity index (χ4v) is 4.60. The minimum atomic E-state index is -7.41. The average molecular weight is 444 g/mol. The highest BCUT2D eigenvalue weighted by atomic mass is 19.3. The molecule has 0 aromatic heterocycles. The van der Waals surface area contributed by atoms with Gasteiger partial charge in [0.25, 0.3) is 11.8 Å². The number of carbonyl (C=O) groups is 2. The molecule has 160 valence electrons. The molecule has 4 bridgehead atoms. The lowest BCUT2D eigenvalue weighted by Crippen LogP contribution is -3.01. The lowest BCUT2D eigenvalue weighted by Gasteiger charge is -2.72. The molecule has 0 amide bonds. The Labute approximate surface area is 142 Å². The van der Waals surface area contributed by atoms with Crippen molar-refractivity contribution < 1.29 is 71.1 Å². The molecule has 2 nitrogen and oxygen atoms in total. The molecule has 0 aromatic rings. The highest BCUT2D eigenvalue weighted by Gasteiger charge is 3.15. The van der Waals surface area contributed by atoms with Crippen LogP contribution >= 0.6 is 0 Å². The zero-order chi connectivity index (χ0) is 22.3. The van der Waals surface area contributed by atoms with E-state index in [2.05, 4.69) is 0 Å². The fraction of sp³-hybridized carbons (Fsp3) is 0.833. The topological polar surface area (TPSA) is 34.1 Å². The van der Waals surface area contributed by atoms with Gasteiger partial charge in [0.05, 0.1) is 0 Å². The van der Waals surface area contributed by atoms with Gasteiger partial charge < -0.3 is 0 Å². The van der Waals surface area contributed by atoms with Crippen LogP contribution in [0.4, 0.5) is 61.5 Å². The summed E-state index contributed by atoms with van der Waals surface area (Å²) < 4.78 is 197. The summed E-state index contributed by atoms with van der Waals surface area (Å²) in [6.07, 6.45) is -5.83. The van der Waals surface area contributed by atoms with Crippen molar-refractivity contribution in [2.24, 2.45) is 16.7 Å². The second kappa shape index (κ2) is 4.42. The first kappa shape index (κ1) is 21.1. The van der Waals surface area contributed by atoms with E-state index in [1.807, 2.05) is 0 Å². The van der Waals surface area contributed by atoms with Gasteiger partial charge in [0.1, 0.15) is 0 Å². The molecule has 0 N–H and O–H groups in total. The third-order valence-corrected chi connectivity index (χ3v) is 5.83. The van der Waals surface area contributed by atoms with Crippen molar-refractivity contribution in [3.05, 3.63) is 0 Å². The summed E-state index contributed by atoms with van der Waals surface area (Å²) in [6, 6.07) is -9.01. The molecule has 4 saturated carbocycles. The maximum absolute atomic E-state index is 14.6. The Bertz CT molecular complexity index is 750. The molecule has 4 aliphatic rings. The van der Waals surface area contributed by atoms with E-state index in [1.165, 1.54) is 0 Å². The van der Waals surface area contributed by atoms with E-state index in [0.717, 1.165) is 0 Å². The second-order valence-corrected chi connectivity index (χ2v) is 6.64. The summed E-state index contributed by atoms with van der Waals surface area (Å²) in [7, 11) is 0. The van der Waals surface area contributed by atoms with Crippen LogP contribution in [0.3, 0.4) is 0 Å². The molecule has 0 radical (unpaired) electrons. The van der Waals surface area contributed by atoms with Crippen LogP contribution in [0.2, 0.25) is 0 Å². The van der Waals surface area contributed by atoms with Gasteiger partial charge in [0, 0.05) is 0 Å². The molecule has 4 aliphatic carbocycles. The lowest BCUT2D eigenvalue weighted by atomic mass is 9.35. The summed E-state index contributed by atoms with van der Waals surface area (Å²) in [5, 5.41) is 0. The van der Waals surface area contributed by atoms with Gasteiger partial charge in [0.2, 0.25) is 10.8 Å². The van der Waals surface area contributed by atoms with E-state index >= 15 is 0 Å². The Morgan fingerprint density at radius 2 is 0.857 bits per heavy atom. The van der Waals surface area contributed by atoms with Gasteiger partial charge in [-0.25, -0.2) is 52.7 Å². The number of hydrogen-bond donors (Lipinski definition) is 0. The Kier molecular flexibility index (Phi) is 3.33. The molecule has 16 heteroatoms. The first-order chi connectivity index (χ1) is 12.2. The van der Waals surface area contributed by atoms with Crippen molar-refractivity contribution in [3.63, 3.8) is 0 Å². The zero-order valence-electron chi connectivity index (χ0n) is 12.3. The van der Waals surface area contributed by atoms with Gasteiger partial charge in [-0.05, 0) is 0 Å². The molecule has 0 aliphatic heterocycles. The molecule has 0 spiro atoms. The molecule has 28 heavy (non-hydrogen) atoms. The monoisotopic (exact) mass is 444 g/mol. The number of rotatable bonds is 2. The Balaban J connectivity index is 2.71. The molecule has 4 fully saturated rings. The molecular weight excluding hydrogens is 442 g/mol. The van der Waals surface area contributed by atoms with Crippen molar-refractivity contribution in [2.45, 2.75) is 41.5 Å². The first-order valence-electron chi connectivity index (χ1n) is 6.78. The largest absolute Gasteiger partial charge is 0.323 e. The van der Waals surface area contributed by atoms with Crippen LogP contribution in [0.1, 0.15) is 0 Å². The average Bonchev–Trinajstić information content (AvgIpc) is 2.40.